The fraction of sp³-hybridized carbons (Fsp3) is 0.115. The fourth-order valence-corrected chi connectivity index (χ4v) is 3.67. The number of carbonyl (C=O) groups is 3. The van der Waals surface area contributed by atoms with Gasteiger partial charge in [-0.2, -0.15) is 0 Å². The second-order valence-corrected chi connectivity index (χ2v) is 7.49. The van der Waals surface area contributed by atoms with Gasteiger partial charge in [0.05, 0.1) is 23.6 Å². The van der Waals surface area contributed by atoms with Gasteiger partial charge >= 0.3 is 0 Å². The van der Waals surface area contributed by atoms with Crippen LogP contribution in [-0.4, -0.2) is 24.3 Å². The largest absolute Gasteiger partial charge is 0.492 e. The molecule has 34 heavy (non-hydrogen) atoms. The third-order valence-electron chi connectivity index (χ3n) is 5.09. The maximum atomic E-state index is 13.9. The Balaban J connectivity index is 1.80. The molecule has 1 aliphatic heterocycles. The number of imide groups is 1. The molecule has 4 rings (SSSR count). The van der Waals surface area contributed by atoms with E-state index in [9.17, 15) is 18.8 Å². The average Bonchev–Trinajstić information content (AvgIpc) is 3.05. The van der Waals surface area contributed by atoms with E-state index in [0.29, 0.717) is 29.3 Å². The van der Waals surface area contributed by atoms with E-state index in [4.69, 9.17) is 4.74 Å². The Morgan fingerprint density at radius 1 is 0.971 bits per heavy atom. The van der Waals surface area contributed by atoms with Crippen molar-refractivity contribution in [2.75, 3.05) is 22.1 Å². The lowest BCUT2D eigenvalue weighted by Crippen LogP contribution is -2.32. The van der Waals surface area contributed by atoms with Crippen LogP contribution in [0.5, 0.6) is 5.75 Å². The highest BCUT2D eigenvalue weighted by molar-refractivity contribution is 6.46. The van der Waals surface area contributed by atoms with Crippen molar-refractivity contribution in [3.63, 3.8) is 0 Å². The first-order chi connectivity index (χ1) is 16.4. The van der Waals surface area contributed by atoms with E-state index in [1.165, 1.54) is 25.1 Å². The molecule has 0 aromatic heterocycles. The summed E-state index contributed by atoms with van der Waals surface area (Å²) in [5, 5.41) is 5.73. The molecule has 8 heteroatoms. The Morgan fingerprint density at radius 2 is 1.71 bits per heavy atom. The number of rotatable bonds is 7. The lowest BCUT2D eigenvalue weighted by molar-refractivity contribution is -0.120. The molecular formula is C26H22FN3O4. The van der Waals surface area contributed by atoms with E-state index in [-0.39, 0.29) is 22.9 Å². The Morgan fingerprint density at radius 3 is 2.38 bits per heavy atom. The van der Waals surface area contributed by atoms with Gasteiger partial charge in [-0.3, -0.25) is 14.4 Å². The van der Waals surface area contributed by atoms with Crippen molar-refractivity contribution in [3.05, 3.63) is 89.9 Å². The van der Waals surface area contributed by atoms with Crippen LogP contribution in [0.15, 0.2) is 78.5 Å². The van der Waals surface area contributed by atoms with Gasteiger partial charge in [0, 0.05) is 12.6 Å². The van der Waals surface area contributed by atoms with Crippen molar-refractivity contribution in [3.8, 4) is 5.75 Å². The van der Waals surface area contributed by atoms with Gasteiger partial charge in [0.2, 0.25) is 5.91 Å². The van der Waals surface area contributed by atoms with Gasteiger partial charge in [-0.1, -0.05) is 30.3 Å². The van der Waals surface area contributed by atoms with Crippen LogP contribution in [0.4, 0.5) is 21.5 Å². The van der Waals surface area contributed by atoms with Gasteiger partial charge in [-0.15, -0.1) is 0 Å². The van der Waals surface area contributed by atoms with E-state index in [2.05, 4.69) is 10.6 Å². The molecule has 0 radical (unpaired) electrons. The van der Waals surface area contributed by atoms with Gasteiger partial charge < -0.3 is 15.4 Å². The Hall–Kier alpha value is -4.46. The first-order valence-corrected chi connectivity index (χ1v) is 10.6. The predicted molar refractivity (Wildman–Crippen MR) is 128 cm³/mol. The molecule has 0 bridgehead atoms. The molecule has 1 heterocycles. The van der Waals surface area contributed by atoms with Crippen LogP contribution in [0.1, 0.15) is 19.4 Å². The normalized spacial score (nSPS) is 13.3. The number of hydrogen-bond acceptors (Lipinski definition) is 5. The van der Waals surface area contributed by atoms with Crippen molar-refractivity contribution in [1.29, 1.82) is 0 Å². The molecule has 0 spiro atoms. The predicted octanol–water partition coefficient (Wildman–Crippen LogP) is 4.58. The topological polar surface area (TPSA) is 87.7 Å². The number of anilines is 3. The van der Waals surface area contributed by atoms with Gasteiger partial charge in [0.25, 0.3) is 11.8 Å². The number of benzene rings is 3. The zero-order chi connectivity index (χ0) is 24.2. The zero-order valence-electron chi connectivity index (χ0n) is 18.6. The lowest BCUT2D eigenvalue weighted by Gasteiger charge is -2.16. The summed E-state index contributed by atoms with van der Waals surface area (Å²) in [5.41, 5.74) is 1.80. The SMILES string of the molecule is CCOc1ccccc1NC1=C(c2ccc(NC(C)=O)cc2)C(=O)N(c2cccc(F)c2)C1=O. The van der Waals surface area contributed by atoms with Crippen LogP contribution in [0.3, 0.4) is 0 Å². The second kappa shape index (κ2) is 9.58. The van der Waals surface area contributed by atoms with E-state index in [0.717, 1.165) is 11.0 Å². The molecule has 172 valence electrons. The monoisotopic (exact) mass is 459 g/mol. The molecule has 3 aromatic rings. The van der Waals surface area contributed by atoms with Crippen molar-refractivity contribution in [1.82, 2.24) is 0 Å². The number of carbonyl (C=O) groups excluding carboxylic acids is 3. The average molecular weight is 459 g/mol. The zero-order valence-corrected chi connectivity index (χ0v) is 18.6. The van der Waals surface area contributed by atoms with E-state index in [1.807, 2.05) is 6.92 Å². The quantitative estimate of drug-likeness (QED) is 0.505. The van der Waals surface area contributed by atoms with E-state index >= 15 is 0 Å². The summed E-state index contributed by atoms with van der Waals surface area (Å²) in [6, 6.07) is 18.9. The third kappa shape index (κ3) is 4.52. The summed E-state index contributed by atoms with van der Waals surface area (Å²) in [5.74, 6) is -1.50. The van der Waals surface area contributed by atoms with Crippen molar-refractivity contribution < 1.29 is 23.5 Å². The number of hydrogen-bond donors (Lipinski definition) is 2. The second-order valence-electron chi connectivity index (χ2n) is 7.49. The number of ether oxygens (including phenoxy) is 1. The molecule has 0 aliphatic carbocycles. The Labute approximate surface area is 195 Å². The Bertz CT molecular complexity index is 1300. The van der Waals surface area contributed by atoms with Crippen LogP contribution in [0.25, 0.3) is 5.57 Å². The number of nitrogens with one attached hydrogen (secondary N) is 2. The fourth-order valence-electron chi connectivity index (χ4n) is 3.67. The van der Waals surface area contributed by atoms with Crippen molar-refractivity contribution in [2.24, 2.45) is 0 Å². The van der Waals surface area contributed by atoms with Gasteiger partial charge in [0.15, 0.2) is 0 Å². The summed E-state index contributed by atoms with van der Waals surface area (Å²) in [4.78, 5) is 39.2. The van der Waals surface area contributed by atoms with Crippen LogP contribution in [-0.2, 0) is 14.4 Å². The highest BCUT2D eigenvalue weighted by Gasteiger charge is 2.40. The summed E-state index contributed by atoms with van der Waals surface area (Å²) >= 11 is 0. The van der Waals surface area contributed by atoms with Gasteiger partial charge in [-0.05, 0) is 55.0 Å². The standard InChI is InChI=1S/C26H22FN3O4/c1-3-34-22-10-5-4-9-21(22)29-24-23(17-11-13-19(14-12-17)28-16(2)31)25(32)30(26(24)33)20-8-6-7-18(27)15-20/h4-15,29H,3H2,1-2H3,(H,28,31). The smallest absolute Gasteiger partial charge is 0.282 e. The van der Waals surface area contributed by atoms with Crippen molar-refractivity contribution in [2.45, 2.75) is 13.8 Å². The number of halogens is 1. The molecule has 0 fully saturated rings. The number of amides is 3. The van der Waals surface area contributed by atoms with E-state index in [1.54, 1.807) is 48.5 Å². The number of para-hydroxylation sites is 2. The maximum Gasteiger partial charge on any atom is 0.282 e. The molecule has 3 amide bonds. The summed E-state index contributed by atoms with van der Waals surface area (Å²) in [6.07, 6.45) is 0. The lowest BCUT2D eigenvalue weighted by atomic mass is 10.0. The molecule has 1 aliphatic rings. The van der Waals surface area contributed by atoms with Crippen LogP contribution < -0.4 is 20.3 Å². The summed E-state index contributed by atoms with van der Waals surface area (Å²) in [7, 11) is 0. The minimum absolute atomic E-state index is 0.0358. The minimum Gasteiger partial charge on any atom is -0.492 e. The summed E-state index contributed by atoms with van der Waals surface area (Å²) < 4.78 is 19.5. The molecule has 0 atom stereocenters. The molecule has 7 nitrogen and oxygen atoms in total. The first kappa shape index (κ1) is 22.7. The van der Waals surface area contributed by atoms with Gasteiger partial charge in [-0.25, -0.2) is 9.29 Å². The van der Waals surface area contributed by atoms with Crippen LogP contribution in [0, 0.1) is 5.82 Å². The maximum absolute atomic E-state index is 13.9. The Kier molecular flexibility index (Phi) is 6.40. The van der Waals surface area contributed by atoms with Crippen LogP contribution in [0.2, 0.25) is 0 Å². The molecule has 0 unspecified atom stereocenters. The number of nitrogens with zero attached hydrogens (tertiary/aromatic N) is 1. The summed E-state index contributed by atoms with van der Waals surface area (Å²) in [6.45, 7) is 3.65. The van der Waals surface area contributed by atoms with Gasteiger partial charge in [0.1, 0.15) is 17.3 Å². The molecule has 3 aromatic carbocycles. The highest BCUT2D eigenvalue weighted by Crippen LogP contribution is 2.36. The minimum atomic E-state index is -0.622. The van der Waals surface area contributed by atoms with Crippen molar-refractivity contribution >= 4 is 40.4 Å². The molecular weight excluding hydrogens is 437 g/mol. The van der Waals surface area contributed by atoms with E-state index < -0.39 is 17.6 Å². The molecule has 2 N–H and O–H groups in total. The molecule has 0 saturated carbocycles. The third-order valence-corrected chi connectivity index (χ3v) is 5.09. The molecule has 0 saturated heterocycles. The first-order valence-electron chi connectivity index (χ1n) is 10.6. The highest BCUT2D eigenvalue weighted by atomic mass is 19.1. The van der Waals surface area contributed by atoms with Crippen LogP contribution >= 0.6 is 0 Å².